The lowest BCUT2D eigenvalue weighted by Gasteiger charge is -2.08. The Bertz CT molecular complexity index is 1110. The fourth-order valence-electron chi connectivity index (χ4n) is 4.39. The average molecular weight is 395 g/mol. The number of rotatable bonds is 5. The van der Waals surface area contributed by atoms with Crippen LogP contribution in [0.15, 0.2) is 84.9 Å². The molecule has 0 amide bonds. The summed E-state index contributed by atoms with van der Waals surface area (Å²) < 4.78 is 0. The Balaban J connectivity index is 0.000000159. The maximum absolute atomic E-state index is 10.1. The molecule has 0 atom stereocenters. The van der Waals surface area contributed by atoms with Gasteiger partial charge in [-0.05, 0) is 58.5 Å². The summed E-state index contributed by atoms with van der Waals surface area (Å²) in [6.07, 6.45) is 7.61. The molecule has 30 heavy (non-hydrogen) atoms. The van der Waals surface area contributed by atoms with Crippen molar-refractivity contribution in [3.63, 3.8) is 0 Å². The number of phenols is 1. The van der Waals surface area contributed by atoms with Gasteiger partial charge in [0.25, 0.3) is 0 Å². The molecule has 1 heteroatoms. The van der Waals surface area contributed by atoms with Gasteiger partial charge in [0, 0.05) is 5.39 Å². The SMILES string of the molecule is CCCCCCc1ccccc1.Oc1cc2c(c3ccccc13)-c1ccccc1C2. The van der Waals surface area contributed by atoms with Crippen LogP contribution in [-0.4, -0.2) is 5.11 Å². The average Bonchev–Trinajstić information content (AvgIpc) is 3.16. The molecule has 0 aliphatic heterocycles. The van der Waals surface area contributed by atoms with E-state index < -0.39 is 0 Å². The van der Waals surface area contributed by atoms with Crippen LogP contribution in [-0.2, 0) is 12.8 Å². The van der Waals surface area contributed by atoms with Crippen molar-refractivity contribution in [3.05, 3.63) is 102 Å². The fraction of sp³-hybridized carbons (Fsp3) is 0.241. The second-order valence-electron chi connectivity index (χ2n) is 8.11. The molecule has 152 valence electrons. The Kier molecular flexibility index (Phi) is 6.49. The summed E-state index contributed by atoms with van der Waals surface area (Å²) in [5.41, 5.74) is 6.66. The van der Waals surface area contributed by atoms with Gasteiger partial charge in [-0.1, -0.05) is 105 Å². The highest BCUT2D eigenvalue weighted by Gasteiger charge is 2.21. The Hall–Kier alpha value is -3.06. The normalized spacial score (nSPS) is 11.5. The monoisotopic (exact) mass is 394 g/mol. The summed E-state index contributed by atoms with van der Waals surface area (Å²) in [6.45, 7) is 2.25. The molecule has 0 saturated carbocycles. The Morgan fingerprint density at radius 1 is 0.700 bits per heavy atom. The molecule has 4 aromatic rings. The van der Waals surface area contributed by atoms with E-state index in [0.29, 0.717) is 5.75 Å². The summed E-state index contributed by atoms with van der Waals surface area (Å²) in [7, 11) is 0. The van der Waals surface area contributed by atoms with Crippen LogP contribution in [0.4, 0.5) is 0 Å². The molecular formula is C29H30O. The van der Waals surface area contributed by atoms with E-state index in [9.17, 15) is 5.11 Å². The quantitative estimate of drug-likeness (QED) is 0.300. The smallest absolute Gasteiger partial charge is 0.123 e. The van der Waals surface area contributed by atoms with Crippen LogP contribution in [0.25, 0.3) is 21.9 Å². The number of hydrogen-bond donors (Lipinski definition) is 1. The Morgan fingerprint density at radius 2 is 1.40 bits per heavy atom. The standard InChI is InChI=1S/C17H12O.C12H18/c18-16-10-12-9-11-5-1-2-6-13(11)17(12)15-8-4-3-7-14(15)16;1-2-3-4-6-9-12-10-7-5-8-11-12/h1-8,10,18H,9H2;5,7-8,10-11H,2-4,6,9H2,1H3. The minimum absolute atomic E-state index is 0.386. The Labute approximate surface area is 180 Å². The highest BCUT2D eigenvalue weighted by atomic mass is 16.3. The number of hydrogen-bond acceptors (Lipinski definition) is 1. The predicted octanol–water partition coefficient (Wildman–Crippen LogP) is 7.93. The van der Waals surface area contributed by atoms with Crippen LogP contribution < -0.4 is 0 Å². The molecule has 0 radical (unpaired) electrons. The van der Waals surface area contributed by atoms with Crippen LogP contribution in [0.5, 0.6) is 5.75 Å². The zero-order valence-corrected chi connectivity index (χ0v) is 17.8. The van der Waals surface area contributed by atoms with Crippen molar-refractivity contribution >= 4 is 10.8 Å². The van der Waals surface area contributed by atoms with E-state index in [-0.39, 0.29) is 0 Å². The molecule has 0 bridgehead atoms. The van der Waals surface area contributed by atoms with Crippen LogP contribution in [0, 0.1) is 0 Å². The second-order valence-corrected chi connectivity index (χ2v) is 8.11. The van der Waals surface area contributed by atoms with Gasteiger partial charge in [-0.15, -0.1) is 0 Å². The van der Waals surface area contributed by atoms with Crippen LogP contribution in [0.2, 0.25) is 0 Å². The Morgan fingerprint density at radius 3 is 2.20 bits per heavy atom. The number of aryl methyl sites for hydroxylation is 1. The molecule has 4 aromatic carbocycles. The van der Waals surface area contributed by atoms with Crippen molar-refractivity contribution in [3.8, 4) is 16.9 Å². The van der Waals surface area contributed by atoms with Gasteiger partial charge in [-0.3, -0.25) is 0 Å². The molecule has 0 aromatic heterocycles. The van der Waals surface area contributed by atoms with Crippen LogP contribution >= 0.6 is 0 Å². The zero-order chi connectivity index (χ0) is 20.8. The lowest BCUT2D eigenvalue weighted by atomic mass is 9.97. The van der Waals surface area contributed by atoms with Crippen LogP contribution in [0.3, 0.4) is 0 Å². The highest BCUT2D eigenvalue weighted by molar-refractivity contribution is 6.03. The van der Waals surface area contributed by atoms with Crippen molar-refractivity contribution in [1.29, 1.82) is 0 Å². The van der Waals surface area contributed by atoms with Gasteiger partial charge < -0.3 is 5.11 Å². The van der Waals surface area contributed by atoms with Crippen molar-refractivity contribution in [1.82, 2.24) is 0 Å². The van der Waals surface area contributed by atoms with Crippen molar-refractivity contribution in [2.24, 2.45) is 0 Å². The van der Waals surface area contributed by atoms with Gasteiger partial charge in [-0.25, -0.2) is 0 Å². The first-order chi connectivity index (χ1) is 14.8. The summed E-state index contributed by atoms with van der Waals surface area (Å²) in [4.78, 5) is 0. The lowest BCUT2D eigenvalue weighted by Crippen LogP contribution is -1.84. The minimum Gasteiger partial charge on any atom is -0.507 e. The van der Waals surface area contributed by atoms with E-state index in [1.54, 1.807) is 0 Å². The molecule has 1 aliphatic carbocycles. The van der Waals surface area contributed by atoms with E-state index in [2.05, 4.69) is 67.6 Å². The lowest BCUT2D eigenvalue weighted by molar-refractivity contribution is 0.481. The molecule has 0 heterocycles. The summed E-state index contributed by atoms with van der Waals surface area (Å²) >= 11 is 0. The highest BCUT2D eigenvalue weighted by Crippen LogP contribution is 2.44. The molecule has 0 spiro atoms. The molecule has 0 fully saturated rings. The summed E-state index contributed by atoms with van der Waals surface area (Å²) in [6, 6.07) is 29.2. The maximum atomic E-state index is 10.1. The number of unbranched alkanes of at least 4 members (excludes halogenated alkanes) is 3. The topological polar surface area (TPSA) is 20.2 Å². The number of fused-ring (bicyclic) bond motifs is 5. The first-order valence-corrected chi connectivity index (χ1v) is 11.1. The van der Waals surface area contributed by atoms with Crippen molar-refractivity contribution < 1.29 is 5.11 Å². The molecular weight excluding hydrogens is 364 g/mol. The summed E-state index contributed by atoms with van der Waals surface area (Å²) in [5.74, 6) is 0.386. The third-order valence-corrected chi connectivity index (χ3v) is 5.93. The number of aromatic hydroxyl groups is 1. The van der Waals surface area contributed by atoms with Gasteiger partial charge in [0.15, 0.2) is 0 Å². The summed E-state index contributed by atoms with van der Waals surface area (Å²) in [5, 5.41) is 12.2. The van der Waals surface area contributed by atoms with E-state index in [0.717, 1.165) is 17.2 Å². The number of phenolic OH excluding ortho intramolecular Hbond substituents is 1. The fourth-order valence-corrected chi connectivity index (χ4v) is 4.39. The largest absolute Gasteiger partial charge is 0.507 e. The predicted molar refractivity (Wildman–Crippen MR) is 128 cm³/mol. The third-order valence-electron chi connectivity index (χ3n) is 5.93. The van der Waals surface area contributed by atoms with Crippen molar-refractivity contribution in [2.75, 3.05) is 0 Å². The molecule has 0 saturated heterocycles. The van der Waals surface area contributed by atoms with E-state index in [1.165, 1.54) is 59.9 Å². The molecule has 0 unspecified atom stereocenters. The maximum Gasteiger partial charge on any atom is 0.123 e. The third kappa shape index (κ3) is 4.41. The first kappa shape index (κ1) is 20.2. The molecule has 1 nitrogen and oxygen atoms in total. The van der Waals surface area contributed by atoms with Gasteiger partial charge in [-0.2, -0.15) is 0 Å². The van der Waals surface area contributed by atoms with E-state index in [1.807, 2.05) is 24.3 Å². The van der Waals surface area contributed by atoms with Gasteiger partial charge in [0.2, 0.25) is 0 Å². The molecule has 1 aliphatic rings. The molecule has 1 N–H and O–H groups in total. The van der Waals surface area contributed by atoms with E-state index in [4.69, 9.17) is 0 Å². The first-order valence-electron chi connectivity index (χ1n) is 11.1. The number of benzene rings is 4. The van der Waals surface area contributed by atoms with E-state index >= 15 is 0 Å². The second kappa shape index (κ2) is 9.63. The van der Waals surface area contributed by atoms with Gasteiger partial charge >= 0.3 is 0 Å². The minimum atomic E-state index is 0.386. The van der Waals surface area contributed by atoms with Gasteiger partial charge in [0.05, 0.1) is 0 Å². The van der Waals surface area contributed by atoms with Crippen molar-refractivity contribution in [2.45, 2.75) is 45.4 Å². The van der Waals surface area contributed by atoms with Crippen LogP contribution in [0.1, 0.15) is 49.3 Å². The van der Waals surface area contributed by atoms with Gasteiger partial charge in [0.1, 0.15) is 5.75 Å². The molecule has 5 rings (SSSR count). The zero-order valence-electron chi connectivity index (χ0n) is 17.8.